The second-order valence-electron chi connectivity index (χ2n) is 15.3. The molecule has 12 rings (SSSR count). The Balaban J connectivity index is 1.08. The lowest BCUT2D eigenvalue weighted by Crippen LogP contribution is -2.06. The van der Waals surface area contributed by atoms with Crippen LogP contribution in [0.1, 0.15) is 0 Å². The van der Waals surface area contributed by atoms with Crippen LogP contribution in [0, 0.1) is 0 Å². The van der Waals surface area contributed by atoms with Gasteiger partial charge in [-0.2, -0.15) is 9.97 Å². The number of fused-ring (bicyclic) bond motifs is 7. The minimum absolute atomic E-state index is 0.533. The summed E-state index contributed by atoms with van der Waals surface area (Å²) in [5, 5.41) is 4.65. The van der Waals surface area contributed by atoms with Gasteiger partial charge < -0.3 is 4.57 Å². The molecule has 0 saturated heterocycles. The van der Waals surface area contributed by atoms with Crippen molar-refractivity contribution in [3.05, 3.63) is 212 Å². The van der Waals surface area contributed by atoms with Gasteiger partial charge in [0.05, 0.1) is 33.5 Å². The molecular formula is C55H35N7. The molecule has 0 amide bonds. The van der Waals surface area contributed by atoms with Gasteiger partial charge in [-0.05, 0) is 48.5 Å². The molecule has 0 aliphatic carbocycles. The van der Waals surface area contributed by atoms with Crippen LogP contribution in [0.4, 0.5) is 0 Å². The SMILES string of the molecule is c1ccc(-c2cc(-c3ccccc3)nc(-c3cccc(-c4nc(-c5ccccc5)nc(-n5c6ccccc6c6c7c8ccccc8n(-c8ccccc8)c7ccc65)n4)c3)n2)cc1. The van der Waals surface area contributed by atoms with E-state index in [2.05, 4.69) is 137 Å². The molecule has 8 aromatic carbocycles. The van der Waals surface area contributed by atoms with Gasteiger partial charge in [0, 0.05) is 55.0 Å². The van der Waals surface area contributed by atoms with Crippen molar-refractivity contribution >= 4 is 43.6 Å². The van der Waals surface area contributed by atoms with Crippen LogP contribution in [-0.2, 0) is 0 Å². The fourth-order valence-corrected chi connectivity index (χ4v) is 8.79. The summed E-state index contributed by atoms with van der Waals surface area (Å²) in [6, 6.07) is 73.1. The highest BCUT2D eigenvalue weighted by molar-refractivity contribution is 6.28. The minimum atomic E-state index is 0.533. The Hall–Kier alpha value is -8.55. The molecule has 0 spiro atoms. The predicted octanol–water partition coefficient (Wildman–Crippen LogP) is 13.2. The summed E-state index contributed by atoms with van der Waals surface area (Å²) >= 11 is 0. The van der Waals surface area contributed by atoms with Gasteiger partial charge in [-0.15, -0.1) is 0 Å². The summed E-state index contributed by atoms with van der Waals surface area (Å²) in [6.45, 7) is 0. The van der Waals surface area contributed by atoms with Crippen LogP contribution < -0.4 is 0 Å². The highest BCUT2D eigenvalue weighted by Crippen LogP contribution is 2.42. The van der Waals surface area contributed by atoms with Crippen molar-refractivity contribution in [2.24, 2.45) is 0 Å². The fraction of sp³-hybridized carbons (Fsp3) is 0. The van der Waals surface area contributed by atoms with E-state index < -0.39 is 0 Å². The first kappa shape index (κ1) is 35.4. The number of benzene rings is 8. The maximum absolute atomic E-state index is 5.33. The molecule has 0 saturated carbocycles. The van der Waals surface area contributed by atoms with E-state index in [4.69, 9.17) is 24.9 Å². The molecule has 4 heterocycles. The van der Waals surface area contributed by atoms with Gasteiger partial charge in [0.1, 0.15) is 0 Å². The molecule has 4 aromatic heterocycles. The lowest BCUT2D eigenvalue weighted by Gasteiger charge is -2.12. The number of aromatic nitrogens is 7. The van der Waals surface area contributed by atoms with Crippen LogP contribution in [0.15, 0.2) is 212 Å². The third kappa shape index (κ3) is 5.94. The normalized spacial score (nSPS) is 11.5. The fourth-order valence-electron chi connectivity index (χ4n) is 8.79. The molecule has 0 bridgehead atoms. The summed E-state index contributed by atoms with van der Waals surface area (Å²) < 4.78 is 4.55. The molecule has 0 aliphatic rings. The number of nitrogens with zero attached hydrogens (tertiary/aromatic N) is 7. The number of rotatable bonds is 7. The number of para-hydroxylation sites is 3. The highest BCUT2D eigenvalue weighted by Gasteiger charge is 2.23. The largest absolute Gasteiger partial charge is 0.309 e. The van der Waals surface area contributed by atoms with Crippen LogP contribution in [-0.4, -0.2) is 34.1 Å². The molecule has 290 valence electrons. The molecule has 62 heavy (non-hydrogen) atoms. The third-order valence-electron chi connectivity index (χ3n) is 11.6. The smallest absolute Gasteiger partial charge is 0.238 e. The van der Waals surface area contributed by atoms with Crippen LogP contribution in [0.3, 0.4) is 0 Å². The maximum atomic E-state index is 5.33. The van der Waals surface area contributed by atoms with E-state index in [0.29, 0.717) is 23.4 Å². The van der Waals surface area contributed by atoms with Crippen molar-refractivity contribution in [2.75, 3.05) is 0 Å². The molecule has 12 aromatic rings. The minimum Gasteiger partial charge on any atom is -0.309 e. The van der Waals surface area contributed by atoms with Crippen LogP contribution >= 0.6 is 0 Å². The highest BCUT2D eigenvalue weighted by atomic mass is 15.2. The second kappa shape index (κ2) is 14.6. The summed E-state index contributed by atoms with van der Waals surface area (Å²) in [4.78, 5) is 26.0. The van der Waals surface area contributed by atoms with Gasteiger partial charge in [-0.1, -0.05) is 164 Å². The molecule has 7 nitrogen and oxygen atoms in total. The lowest BCUT2D eigenvalue weighted by molar-refractivity contribution is 0.953. The van der Waals surface area contributed by atoms with E-state index in [9.17, 15) is 0 Å². The average Bonchev–Trinajstić information content (AvgIpc) is 3.88. The van der Waals surface area contributed by atoms with Crippen molar-refractivity contribution in [3.8, 4) is 68.3 Å². The van der Waals surface area contributed by atoms with Crippen molar-refractivity contribution in [2.45, 2.75) is 0 Å². The Kier molecular flexibility index (Phi) is 8.35. The molecule has 0 radical (unpaired) electrons. The van der Waals surface area contributed by atoms with Gasteiger partial charge in [-0.3, -0.25) is 4.57 Å². The van der Waals surface area contributed by atoms with Crippen LogP contribution in [0.2, 0.25) is 0 Å². The van der Waals surface area contributed by atoms with Crippen molar-refractivity contribution in [1.29, 1.82) is 0 Å². The van der Waals surface area contributed by atoms with Crippen LogP contribution in [0.25, 0.3) is 112 Å². The van der Waals surface area contributed by atoms with E-state index in [1.165, 1.54) is 10.8 Å². The van der Waals surface area contributed by atoms with Crippen molar-refractivity contribution < 1.29 is 0 Å². The second-order valence-corrected chi connectivity index (χ2v) is 15.3. The Morgan fingerprint density at radius 1 is 0.274 bits per heavy atom. The molecule has 0 atom stereocenters. The summed E-state index contributed by atoms with van der Waals surface area (Å²) in [5.41, 5.74) is 11.8. The topological polar surface area (TPSA) is 74.3 Å². The predicted molar refractivity (Wildman–Crippen MR) is 251 cm³/mol. The first-order valence-electron chi connectivity index (χ1n) is 20.7. The van der Waals surface area contributed by atoms with Gasteiger partial charge >= 0.3 is 0 Å². The third-order valence-corrected chi connectivity index (χ3v) is 11.6. The standard InChI is InChI=1S/C55H35N7/c1-5-18-36(19-6-1)44-35-45(37-20-7-2-8-21-37)57-53(56-44)39-24-17-25-40(34-39)54-58-52(38-22-9-3-10-23-38)59-55(60-54)62-47-31-16-14-29-43(47)51-49(62)33-32-48-50(51)42-28-13-15-30-46(42)61(48)41-26-11-4-12-27-41/h1-35H. The number of hydrogen-bond acceptors (Lipinski definition) is 5. The molecule has 0 fully saturated rings. The monoisotopic (exact) mass is 793 g/mol. The van der Waals surface area contributed by atoms with E-state index in [1.807, 2.05) is 84.9 Å². The number of hydrogen-bond donors (Lipinski definition) is 0. The Morgan fingerprint density at radius 3 is 1.26 bits per heavy atom. The average molecular weight is 794 g/mol. The molecule has 0 N–H and O–H groups in total. The summed E-state index contributed by atoms with van der Waals surface area (Å²) in [6.07, 6.45) is 0. The maximum Gasteiger partial charge on any atom is 0.238 e. The summed E-state index contributed by atoms with van der Waals surface area (Å²) in [7, 11) is 0. The molecule has 0 unspecified atom stereocenters. The van der Waals surface area contributed by atoms with Gasteiger partial charge in [0.2, 0.25) is 5.95 Å². The first-order chi connectivity index (χ1) is 30.7. The lowest BCUT2D eigenvalue weighted by atomic mass is 10.1. The zero-order chi connectivity index (χ0) is 41.0. The summed E-state index contributed by atoms with van der Waals surface area (Å²) in [5.74, 6) is 2.28. The molecule has 0 aliphatic heterocycles. The van der Waals surface area contributed by atoms with Crippen molar-refractivity contribution in [3.63, 3.8) is 0 Å². The first-order valence-corrected chi connectivity index (χ1v) is 20.7. The van der Waals surface area contributed by atoms with E-state index >= 15 is 0 Å². The van der Waals surface area contributed by atoms with Gasteiger partial charge in [0.25, 0.3) is 0 Å². The van der Waals surface area contributed by atoms with Gasteiger partial charge in [0.15, 0.2) is 17.5 Å². The Morgan fingerprint density at radius 2 is 0.694 bits per heavy atom. The quantitative estimate of drug-likeness (QED) is 0.161. The Labute approximate surface area is 356 Å². The molecule has 7 heteroatoms. The molecular weight excluding hydrogens is 759 g/mol. The van der Waals surface area contributed by atoms with Crippen molar-refractivity contribution in [1.82, 2.24) is 34.1 Å². The van der Waals surface area contributed by atoms with E-state index in [0.717, 1.165) is 77.7 Å². The van der Waals surface area contributed by atoms with E-state index in [-0.39, 0.29) is 0 Å². The van der Waals surface area contributed by atoms with Gasteiger partial charge in [-0.25, -0.2) is 15.0 Å². The van der Waals surface area contributed by atoms with Crippen LogP contribution in [0.5, 0.6) is 0 Å². The zero-order valence-electron chi connectivity index (χ0n) is 33.3. The Bertz CT molecular complexity index is 3560. The zero-order valence-corrected chi connectivity index (χ0v) is 33.3. The van der Waals surface area contributed by atoms with E-state index in [1.54, 1.807) is 0 Å².